The Balaban J connectivity index is 2.00. The maximum Gasteiger partial charge on any atom is 0.143 e. The van der Waals surface area contributed by atoms with Crippen LogP contribution in [0.15, 0.2) is 66.9 Å². The molecule has 0 aliphatic heterocycles. The summed E-state index contributed by atoms with van der Waals surface area (Å²) in [5, 5.41) is 14.7. The number of imidazole rings is 1. The zero-order valence-electron chi connectivity index (χ0n) is 19.2. The summed E-state index contributed by atoms with van der Waals surface area (Å²) in [5.74, 6) is 1.29. The molecule has 0 saturated carbocycles. The average Bonchev–Trinajstić information content (AvgIpc) is 3.06. The number of fused-ring (bicyclic) bond motifs is 1. The van der Waals surface area contributed by atoms with E-state index in [4.69, 9.17) is 4.98 Å². The second-order valence-electron chi connectivity index (χ2n) is 10.1. The first kappa shape index (κ1) is 21.0. The van der Waals surface area contributed by atoms with Gasteiger partial charge in [-0.1, -0.05) is 65.8 Å². The van der Waals surface area contributed by atoms with Gasteiger partial charge in [0.2, 0.25) is 0 Å². The summed E-state index contributed by atoms with van der Waals surface area (Å²) in [6.45, 7) is 12.8. The minimum atomic E-state index is -0.202. The fourth-order valence-electron chi connectivity index (χ4n) is 3.89. The quantitative estimate of drug-likeness (QED) is 0.378. The van der Waals surface area contributed by atoms with Crippen LogP contribution in [-0.2, 0) is 10.8 Å². The summed E-state index contributed by atoms with van der Waals surface area (Å²) in [7, 11) is 0. The Morgan fingerprint density at radius 2 is 1.39 bits per heavy atom. The molecule has 0 radical (unpaired) electrons. The lowest BCUT2D eigenvalue weighted by molar-refractivity contribution is 0.423. The van der Waals surface area contributed by atoms with Crippen molar-refractivity contribution in [1.29, 1.82) is 0 Å². The van der Waals surface area contributed by atoms with Gasteiger partial charge in [-0.3, -0.25) is 4.40 Å². The molecule has 4 heteroatoms. The molecular weight excluding hydrogens is 382 g/mol. The summed E-state index contributed by atoms with van der Waals surface area (Å²) in [6, 6.07) is 20.3. The predicted octanol–water partition coefficient (Wildman–Crippen LogP) is 7.05. The largest absolute Gasteiger partial charge is 0.507 e. The molecule has 4 nitrogen and oxygen atoms in total. The van der Waals surface area contributed by atoms with Crippen molar-refractivity contribution in [2.45, 2.75) is 52.4 Å². The minimum absolute atomic E-state index is 0.202. The fourth-order valence-corrected chi connectivity index (χ4v) is 3.89. The molecule has 0 bridgehead atoms. The first-order valence-electron chi connectivity index (χ1n) is 10.7. The Hall–Kier alpha value is -3.27. The molecule has 2 N–H and O–H groups in total. The Bertz CT molecular complexity index is 1190. The Kier molecular flexibility index (Phi) is 5.04. The maximum absolute atomic E-state index is 11.1. The molecule has 0 fully saturated rings. The van der Waals surface area contributed by atoms with Gasteiger partial charge in [-0.2, -0.15) is 0 Å². The normalized spacial score (nSPS) is 12.3. The van der Waals surface area contributed by atoms with Crippen molar-refractivity contribution in [2.24, 2.45) is 0 Å². The molecule has 31 heavy (non-hydrogen) atoms. The van der Waals surface area contributed by atoms with Crippen LogP contribution in [0.4, 0.5) is 11.5 Å². The number of phenols is 1. The van der Waals surface area contributed by atoms with Crippen molar-refractivity contribution in [3.05, 3.63) is 78.0 Å². The van der Waals surface area contributed by atoms with Crippen LogP contribution in [0, 0.1) is 0 Å². The molecule has 0 aliphatic rings. The number of hydrogen-bond donors (Lipinski definition) is 2. The smallest absolute Gasteiger partial charge is 0.143 e. The summed E-state index contributed by atoms with van der Waals surface area (Å²) >= 11 is 0. The number of anilines is 2. The van der Waals surface area contributed by atoms with Gasteiger partial charge in [0, 0.05) is 28.6 Å². The van der Waals surface area contributed by atoms with Crippen LogP contribution in [0.1, 0.15) is 52.7 Å². The standard InChI is InChI=1S/C27H31N3O/c1-26(2,3)20-16-18(17-21(24(20)31)27(4,5)6)23-25(28-19-12-8-7-9-13-19)30-15-11-10-14-22(30)29-23/h7-17,28,31H,1-6H3. The van der Waals surface area contributed by atoms with Crippen LogP contribution in [0.2, 0.25) is 0 Å². The van der Waals surface area contributed by atoms with Gasteiger partial charge in [-0.05, 0) is 47.2 Å². The molecular formula is C27H31N3O. The van der Waals surface area contributed by atoms with Gasteiger partial charge in [-0.25, -0.2) is 4.98 Å². The number of rotatable bonds is 3. The first-order valence-corrected chi connectivity index (χ1v) is 10.7. The van der Waals surface area contributed by atoms with Gasteiger partial charge >= 0.3 is 0 Å². The summed E-state index contributed by atoms with van der Waals surface area (Å²) < 4.78 is 2.07. The van der Waals surface area contributed by atoms with E-state index in [1.807, 2.05) is 54.7 Å². The first-order chi connectivity index (χ1) is 14.6. The van der Waals surface area contributed by atoms with Crippen LogP contribution in [0.3, 0.4) is 0 Å². The van der Waals surface area contributed by atoms with Gasteiger partial charge < -0.3 is 10.4 Å². The number of nitrogens with zero attached hydrogens (tertiary/aromatic N) is 2. The second-order valence-corrected chi connectivity index (χ2v) is 10.1. The zero-order chi connectivity index (χ0) is 22.4. The SMILES string of the molecule is CC(C)(C)c1cc(-c2nc3ccccn3c2Nc2ccccc2)cc(C(C)(C)C)c1O. The molecule has 4 rings (SSSR count). The van der Waals surface area contributed by atoms with E-state index in [0.717, 1.165) is 39.5 Å². The van der Waals surface area contributed by atoms with E-state index in [0.29, 0.717) is 5.75 Å². The highest BCUT2D eigenvalue weighted by Gasteiger charge is 2.28. The number of phenolic OH excluding ortho intramolecular Hbond substituents is 1. The maximum atomic E-state index is 11.1. The van der Waals surface area contributed by atoms with Gasteiger partial charge in [0.25, 0.3) is 0 Å². The molecule has 4 aromatic rings. The van der Waals surface area contributed by atoms with E-state index in [-0.39, 0.29) is 10.8 Å². The number of aromatic hydroxyl groups is 1. The van der Waals surface area contributed by atoms with Gasteiger partial charge in [0.15, 0.2) is 0 Å². The summed E-state index contributed by atoms with van der Waals surface area (Å²) in [6.07, 6.45) is 2.02. The number of nitrogens with one attached hydrogen (secondary N) is 1. The monoisotopic (exact) mass is 413 g/mol. The number of benzene rings is 2. The minimum Gasteiger partial charge on any atom is -0.507 e. The summed E-state index contributed by atoms with van der Waals surface area (Å²) in [5.41, 5.74) is 5.19. The van der Waals surface area contributed by atoms with Crippen molar-refractivity contribution in [2.75, 3.05) is 5.32 Å². The highest BCUT2D eigenvalue weighted by atomic mass is 16.3. The van der Waals surface area contributed by atoms with Crippen LogP contribution in [0.5, 0.6) is 5.75 Å². The second kappa shape index (κ2) is 7.45. The van der Waals surface area contributed by atoms with Crippen molar-refractivity contribution < 1.29 is 5.11 Å². The molecule has 0 amide bonds. The molecule has 0 atom stereocenters. The molecule has 2 heterocycles. The van der Waals surface area contributed by atoms with Crippen LogP contribution in [-0.4, -0.2) is 14.5 Å². The highest BCUT2D eigenvalue weighted by molar-refractivity contribution is 5.81. The third kappa shape index (κ3) is 4.02. The van der Waals surface area contributed by atoms with E-state index < -0.39 is 0 Å². The highest BCUT2D eigenvalue weighted by Crippen LogP contribution is 2.43. The van der Waals surface area contributed by atoms with Crippen molar-refractivity contribution in [1.82, 2.24) is 9.38 Å². The summed E-state index contributed by atoms with van der Waals surface area (Å²) in [4.78, 5) is 4.97. The molecule has 0 spiro atoms. The third-order valence-electron chi connectivity index (χ3n) is 5.57. The molecule has 2 aromatic carbocycles. The van der Waals surface area contributed by atoms with Crippen LogP contribution >= 0.6 is 0 Å². The third-order valence-corrected chi connectivity index (χ3v) is 5.57. The average molecular weight is 414 g/mol. The molecule has 160 valence electrons. The molecule has 0 aliphatic carbocycles. The Labute approximate surface area is 184 Å². The fraction of sp³-hybridized carbons (Fsp3) is 0.296. The lowest BCUT2D eigenvalue weighted by atomic mass is 9.78. The molecule has 0 unspecified atom stereocenters. The topological polar surface area (TPSA) is 49.6 Å². The number of hydrogen-bond acceptors (Lipinski definition) is 3. The Morgan fingerprint density at radius 3 is 1.97 bits per heavy atom. The lowest BCUT2D eigenvalue weighted by Crippen LogP contribution is -2.17. The van der Waals surface area contributed by atoms with Crippen molar-refractivity contribution in [3.63, 3.8) is 0 Å². The van der Waals surface area contributed by atoms with Gasteiger partial charge in [0.05, 0.1) is 0 Å². The van der Waals surface area contributed by atoms with Gasteiger partial charge in [0.1, 0.15) is 22.9 Å². The van der Waals surface area contributed by atoms with E-state index in [1.165, 1.54) is 0 Å². The van der Waals surface area contributed by atoms with Crippen molar-refractivity contribution in [3.8, 4) is 17.0 Å². The van der Waals surface area contributed by atoms with E-state index in [9.17, 15) is 5.11 Å². The van der Waals surface area contributed by atoms with E-state index >= 15 is 0 Å². The van der Waals surface area contributed by atoms with E-state index in [2.05, 4.69) is 63.4 Å². The Morgan fingerprint density at radius 1 is 0.806 bits per heavy atom. The van der Waals surface area contributed by atoms with Crippen molar-refractivity contribution >= 4 is 17.2 Å². The zero-order valence-corrected chi connectivity index (χ0v) is 19.2. The van der Waals surface area contributed by atoms with Gasteiger partial charge in [-0.15, -0.1) is 0 Å². The lowest BCUT2D eigenvalue weighted by Gasteiger charge is -2.28. The molecule has 0 saturated heterocycles. The number of para-hydroxylation sites is 1. The van der Waals surface area contributed by atoms with Crippen LogP contribution < -0.4 is 5.32 Å². The molecule has 2 aromatic heterocycles. The van der Waals surface area contributed by atoms with Crippen LogP contribution in [0.25, 0.3) is 16.9 Å². The number of aromatic nitrogens is 2. The predicted molar refractivity (Wildman–Crippen MR) is 129 cm³/mol. The van der Waals surface area contributed by atoms with E-state index in [1.54, 1.807) is 0 Å². The number of pyridine rings is 1.